The van der Waals surface area contributed by atoms with Crippen LogP contribution in [-0.2, 0) is 4.79 Å². The monoisotopic (exact) mass is 260 g/mol. The lowest BCUT2D eigenvalue weighted by atomic mass is 10.2. The van der Waals surface area contributed by atoms with Crippen molar-refractivity contribution in [3.8, 4) is 0 Å². The zero-order valence-electron chi connectivity index (χ0n) is 9.60. The molecule has 92 valence electrons. The molecule has 0 bridgehead atoms. The summed E-state index contributed by atoms with van der Waals surface area (Å²) in [6.07, 6.45) is 1.84. The molecule has 0 saturated heterocycles. The summed E-state index contributed by atoms with van der Waals surface area (Å²) in [6, 6.07) is 9.64. The summed E-state index contributed by atoms with van der Waals surface area (Å²) in [6.45, 7) is 0. The van der Waals surface area contributed by atoms with Gasteiger partial charge in [0.2, 0.25) is 5.91 Å². The number of rotatable bonds is 2. The maximum Gasteiger partial charge on any atom is 0.279 e. The third-order valence-electron chi connectivity index (χ3n) is 2.90. The van der Waals surface area contributed by atoms with Gasteiger partial charge in [-0.2, -0.15) is 0 Å². The highest BCUT2D eigenvalue weighted by atomic mass is 32.1. The lowest BCUT2D eigenvalue weighted by Crippen LogP contribution is -2.42. The van der Waals surface area contributed by atoms with Crippen LogP contribution in [0.2, 0.25) is 0 Å². The number of thiophene rings is 1. The van der Waals surface area contributed by atoms with Gasteiger partial charge >= 0.3 is 0 Å². The minimum Gasteiger partial charge on any atom is -0.273 e. The fourth-order valence-corrected chi connectivity index (χ4v) is 2.68. The first-order valence-electron chi connectivity index (χ1n) is 5.83. The summed E-state index contributed by atoms with van der Waals surface area (Å²) < 4.78 is 1.07. The van der Waals surface area contributed by atoms with Crippen LogP contribution in [0.4, 0.5) is 0 Å². The molecule has 1 fully saturated rings. The molecule has 0 atom stereocenters. The second-order valence-electron chi connectivity index (χ2n) is 4.37. The van der Waals surface area contributed by atoms with Crippen molar-refractivity contribution >= 4 is 33.2 Å². The highest BCUT2D eigenvalue weighted by Crippen LogP contribution is 2.28. The lowest BCUT2D eigenvalue weighted by Gasteiger charge is -2.04. The molecule has 0 unspecified atom stereocenters. The molecule has 4 nitrogen and oxygen atoms in total. The van der Waals surface area contributed by atoms with Gasteiger partial charge in [-0.1, -0.05) is 18.2 Å². The van der Waals surface area contributed by atoms with Crippen LogP contribution in [0.15, 0.2) is 30.3 Å². The first kappa shape index (κ1) is 11.2. The van der Waals surface area contributed by atoms with Gasteiger partial charge in [-0.3, -0.25) is 20.4 Å². The smallest absolute Gasteiger partial charge is 0.273 e. The zero-order chi connectivity index (χ0) is 12.5. The second kappa shape index (κ2) is 4.42. The molecule has 1 saturated carbocycles. The van der Waals surface area contributed by atoms with E-state index in [0.29, 0.717) is 4.88 Å². The highest BCUT2D eigenvalue weighted by molar-refractivity contribution is 7.20. The van der Waals surface area contributed by atoms with Gasteiger partial charge in [-0.15, -0.1) is 11.3 Å². The van der Waals surface area contributed by atoms with E-state index in [9.17, 15) is 9.59 Å². The first-order valence-corrected chi connectivity index (χ1v) is 6.64. The molecule has 0 radical (unpaired) electrons. The summed E-state index contributed by atoms with van der Waals surface area (Å²) in [5.74, 6) is -0.262. The Morgan fingerprint density at radius 3 is 2.67 bits per heavy atom. The fourth-order valence-electron chi connectivity index (χ4n) is 1.72. The number of fused-ring (bicyclic) bond motifs is 1. The van der Waals surface area contributed by atoms with E-state index in [2.05, 4.69) is 10.9 Å². The molecule has 1 heterocycles. The van der Waals surface area contributed by atoms with Crippen molar-refractivity contribution in [3.63, 3.8) is 0 Å². The van der Waals surface area contributed by atoms with Crippen molar-refractivity contribution < 1.29 is 9.59 Å². The van der Waals surface area contributed by atoms with Crippen LogP contribution in [0.1, 0.15) is 22.5 Å². The molecule has 3 rings (SSSR count). The van der Waals surface area contributed by atoms with E-state index >= 15 is 0 Å². The maximum absolute atomic E-state index is 11.8. The number of hydrogen-bond donors (Lipinski definition) is 2. The molecule has 1 aromatic carbocycles. The molecular formula is C13H12N2O2S. The number of carbonyl (C=O) groups excluding carboxylic acids is 2. The second-order valence-corrected chi connectivity index (χ2v) is 5.45. The topological polar surface area (TPSA) is 58.2 Å². The van der Waals surface area contributed by atoms with Crippen LogP contribution in [0.3, 0.4) is 0 Å². The van der Waals surface area contributed by atoms with Crippen LogP contribution in [0.25, 0.3) is 10.1 Å². The maximum atomic E-state index is 11.8. The van der Waals surface area contributed by atoms with Crippen LogP contribution < -0.4 is 10.9 Å². The lowest BCUT2D eigenvalue weighted by molar-refractivity contribution is -0.123. The molecule has 18 heavy (non-hydrogen) atoms. The number of benzene rings is 1. The average Bonchev–Trinajstić information content (AvgIpc) is 3.14. The molecule has 5 heteroatoms. The van der Waals surface area contributed by atoms with E-state index in [1.54, 1.807) is 0 Å². The molecular weight excluding hydrogens is 248 g/mol. The summed E-state index contributed by atoms with van der Waals surface area (Å²) in [7, 11) is 0. The van der Waals surface area contributed by atoms with Gasteiger partial charge < -0.3 is 0 Å². The predicted octanol–water partition coefficient (Wildman–Crippen LogP) is 2.07. The van der Waals surface area contributed by atoms with Crippen LogP contribution in [0, 0.1) is 5.92 Å². The summed E-state index contributed by atoms with van der Waals surface area (Å²) in [4.78, 5) is 23.8. The van der Waals surface area contributed by atoms with Crippen LogP contribution in [-0.4, -0.2) is 11.8 Å². The number of amides is 2. The fraction of sp³-hybridized carbons (Fsp3) is 0.231. The van der Waals surface area contributed by atoms with Gasteiger partial charge in [0.1, 0.15) is 0 Å². The first-order chi connectivity index (χ1) is 8.74. The van der Waals surface area contributed by atoms with Crippen molar-refractivity contribution in [3.05, 3.63) is 35.2 Å². The molecule has 1 aliphatic carbocycles. The molecule has 2 aromatic rings. The van der Waals surface area contributed by atoms with Crippen molar-refractivity contribution in [1.82, 2.24) is 10.9 Å². The SMILES string of the molecule is O=C(NNC(=O)C1CC1)c1cc2ccccc2s1. The quantitative estimate of drug-likeness (QED) is 0.812. The minimum atomic E-state index is -0.259. The van der Waals surface area contributed by atoms with E-state index in [-0.39, 0.29) is 17.7 Å². The summed E-state index contributed by atoms with van der Waals surface area (Å²) >= 11 is 1.42. The Balaban J connectivity index is 1.69. The van der Waals surface area contributed by atoms with E-state index in [0.717, 1.165) is 22.9 Å². The minimum absolute atomic E-state index is 0.0905. The third-order valence-corrected chi connectivity index (χ3v) is 4.01. The Morgan fingerprint density at radius 1 is 1.17 bits per heavy atom. The van der Waals surface area contributed by atoms with Gasteiger partial charge in [0.15, 0.2) is 0 Å². The summed E-state index contributed by atoms with van der Waals surface area (Å²) in [5.41, 5.74) is 4.91. The molecule has 2 amide bonds. The third kappa shape index (κ3) is 2.22. The normalized spacial score (nSPS) is 14.4. The number of hydrogen-bond acceptors (Lipinski definition) is 3. The molecule has 0 aliphatic heterocycles. The largest absolute Gasteiger partial charge is 0.279 e. The average molecular weight is 260 g/mol. The predicted molar refractivity (Wildman–Crippen MR) is 70.2 cm³/mol. The number of carbonyl (C=O) groups is 2. The van der Waals surface area contributed by atoms with Gasteiger partial charge in [-0.25, -0.2) is 0 Å². The van der Waals surface area contributed by atoms with Crippen molar-refractivity contribution in [1.29, 1.82) is 0 Å². The van der Waals surface area contributed by atoms with E-state index < -0.39 is 0 Å². The van der Waals surface area contributed by atoms with E-state index in [1.165, 1.54) is 11.3 Å². The Kier molecular flexibility index (Phi) is 2.76. The van der Waals surface area contributed by atoms with Crippen molar-refractivity contribution in [2.24, 2.45) is 5.92 Å². The Labute approximate surface area is 108 Å². The van der Waals surface area contributed by atoms with Gasteiger partial charge in [0.05, 0.1) is 4.88 Å². The van der Waals surface area contributed by atoms with Crippen molar-refractivity contribution in [2.45, 2.75) is 12.8 Å². The zero-order valence-corrected chi connectivity index (χ0v) is 10.4. The van der Waals surface area contributed by atoms with Crippen LogP contribution in [0.5, 0.6) is 0 Å². The number of nitrogens with one attached hydrogen (secondary N) is 2. The highest BCUT2D eigenvalue weighted by Gasteiger charge is 2.29. The standard InChI is InChI=1S/C13H12N2O2S/c16-12(8-5-6-8)14-15-13(17)11-7-9-3-1-2-4-10(9)18-11/h1-4,7-8H,5-6H2,(H,14,16)(H,15,17). The Hall–Kier alpha value is -1.88. The Morgan fingerprint density at radius 2 is 1.94 bits per heavy atom. The number of hydrazine groups is 1. The van der Waals surface area contributed by atoms with Crippen LogP contribution >= 0.6 is 11.3 Å². The van der Waals surface area contributed by atoms with Gasteiger partial charge in [-0.05, 0) is 30.4 Å². The van der Waals surface area contributed by atoms with E-state index in [1.807, 2.05) is 30.3 Å². The molecule has 2 N–H and O–H groups in total. The van der Waals surface area contributed by atoms with E-state index in [4.69, 9.17) is 0 Å². The summed E-state index contributed by atoms with van der Waals surface area (Å²) in [5, 5.41) is 1.04. The molecule has 1 aliphatic rings. The molecule has 0 spiro atoms. The van der Waals surface area contributed by atoms with Crippen molar-refractivity contribution in [2.75, 3.05) is 0 Å². The van der Waals surface area contributed by atoms with Gasteiger partial charge in [0.25, 0.3) is 5.91 Å². The molecule has 1 aromatic heterocycles. The Bertz CT molecular complexity index is 583. The van der Waals surface area contributed by atoms with Gasteiger partial charge in [0, 0.05) is 10.6 Å².